The van der Waals surface area contributed by atoms with E-state index in [0.717, 1.165) is 28.3 Å². The highest BCUT2D eigenvalue weighted by molar-refractivity contribution is 6.31. The number of hydrogen-bond acceptors (Lipinski definition) is 3. The van der Waals surface area contributed by atoms with Crippen molar-refractivity contribution in [3.05, 3.63) is 28.4 Å². The van der Waals surface area contributed by atoms with Gasteiger partial charge in [-0.25, -0.2) is 4.98 Å². The number of ether oxygens (including phenoxy) is 1. The van der Waals surface area contributed by atoms with Gasteiger partial charge >= 0.3 is 0 Å². The Morgan fingerprint density at radius 1 is 1.33 bits per heavy atom. The second-order valence-electron chi connectivity index (χ2n) is 4.27. The number of halogens is 1. The van der Waals surface area contributed by atoms with Crippen molar-refractivity contribution in [3.8, 4) is 17.0 Å². The molecule has 18 heavy (non-hydrogen) atoms. The Morgan fingerprint density at radius 2 is 2.00 bits per heavy atom. The zero-order valence-electron chi connectivity index (χ0n) is 10.9. The van der Waals surface area contributed by atoms with E-state index in [1.807, 2.05) is 37.6 Å². The summed E-state index contributed by atoms with van der Waals surface area (Å²) in [6.07, 6.45) is 0. The Bertz CT molecular complexity index is 605. The molecule has 2 aromatic rings. The minimum absolute atomic E-state index is 0.474. The second-order valence-corrected chi connectivity index (χ2v) is 4.70. The maximum atomic E-state index is 6.12. The lowest BCUT2D eigenvalue weighted by molar-refractivity contribution is 0.413. The molecule has 2 rings (SSSR count). The summed E-state index contributed by atoms with van der Waals surface area (Å²) in [4.78, 5) is 4.26. The smallest absolute Gasteiger partial charge is 0.200 e. The van der Waals surface area contributed by atoms with Gasteiger partial charge < -0.3 is 15.0 Å². The quantitative estimate of drug-likeness (QED) is 0.908. The topological polar surface area (TPSA) is 53.1 Å². The average Bonchev–Trinajstić information content (AvgIpc) is 2.52. The van der Waals surface area contributed by atoms with Crippen molar-refractivity contribution in [1.82, 2.24) is 9.55 Å². The number of nitrogens with two attached hydrogens (primary N) is 1. The maximum Gasteiger partial charge on any atom is 0.200 e. The van der Waals surface area contributed by atoms with Crippen LogP contribution in [0.25, 0.3) is 11.3 Å². The predicted molar refractivity (Wildman–Crippen MR) is 74.1 cm³/mol. The summed E-state index contributed by atoms with van der Waals surface area (Å²) in [7, 11) is 3.52. The monoisotopic (exact) mass is 265 g/mol. The number of aryl methyl sites for hydroxylation is 2. The molecule has 1 heterocycles. The molecular weight excluding hydrogens is 250 g/mol. The van der Waals surface area contributed by atoms with Gasteiger partial charge in [0.25, 0.3) is 0 Å². The molecule has 0 aliphatic rings. The van der Waals surface area contributed by atoms with Crippen LogP contribution in [0.1, 0.15) is 11.3 Å². The van der Waals surface area contributed by atoms with E-state index in [0.29, 0.717) is 11.0 Å². The average molecular weight is 266 g/mol. The minimum atomic E-state index is 0.474. The van der Waals surface area contributed by atoms with Crippen molar-refractivity contribution in [2.75, 3.05) is 12.8 Å². The molecule has 0 bridgehead atoms. The molecule has 0 atom stereocenters. The fourth-order valence-electron chi connectivity index (χ4n) is 2.21. The van der Waals surface area contributed by atoms with Crippen LogP contribution in [0.5, 0.6) is 5.75 Å². The number of rotatable bonds is 2. The summed E-state index contributed by atoms with van der Waals surface area (Å²) < 4.78 is 7.30. The number of aromatic nitrogens is 2. The van der Waals surface area contributed by atoms with Crippen LogP contribution in [0.3, 0.4) is 0 Å². The zero-order chi connectivity index (χ0) is 13.4. The van der Waals surface area contributed by atoms with Gasteiger partial charge in [-0.2, -0.15) is 0 Å². The number of benzene rings is 1. The van der Waals surface area contributed by atoms with E-state index in [4.69, 9.17) is 22.1 Å². The van der Waals surface area contributed by atoms with Crippen molar-refractivity contribution in [2.24, 2.45) is 7.05 Å². The van der Waals surface area contributed by atoms with E-state index in [1.54, 1.807) is 7.11 Å². The molecule has 0 aliphatic carbocycles. The number of nitrogens with zero attached hydrogens (tertiary/aromatic N) is 2. The lowest BCUT2D eigenvalue weighted by Crippen LogP contribution is -2.00. The molecule has 4 nitrogen and oxygen atoms in total. The van der Waals surface area contributed by atoms with Gasteiger partial charge in [-0.3, -0.25) is 0 Å². The van der Waals surface area contributed by atoms with Gasteiger partial charge in [0.1, 0.15) is 5.75 Å². The maximum absolute atomic E-state index is 6.12. The summed E-state index contributed by atoms with van der Waals surface area (Å²) in [5.41, 5.74) is 9.50. The van der Waals surface area contributed by atoms with Gasteiger partial charge in [0.2, 0.25) is 5.95 Å². The first kappa shape index (κ1) is 12.8. The number of hydrogen-bond donors (Lipinski definition) is 1. The van der Waals surface area contributed by atoms with E-state index in [1.165, 1.54) is 0 Å². The SMILES string of the molecule is COc1c(C)cc(Cl)cc1-c1c(C)nc(N)n1C. The van der Waals surface area contributed by atoms with Crippen molar-refractivity contribution in [1.29, 1.82) is 0 Å². The molecule has 0 saturated heterocycles. The molecule has 0 unspecified atom stereocenters. The fraction of sp³-hybridized carbons (Fsp3) is 0.308. The van der Waals surface area contributed by atoms with Crippen molar-refractivity contribution >= 4 is 17.5 Å². The highest BCUT2D eigenvalue weighted by Crippen LogP contribution is 2.37. The third-order valence-corrected chi connectivity index (χ3v) is 3.22. The van der Waals surface area contributed by atoms with E-state index >= 15 is 0 Å². The number of nitrogen functional groups attached to an aromatic ring is 1. The number of anilines is 1. The number of imidazole rings is 1. The third kappa shape index (κ3) is 1.93. The molecule has 0 spiro atoms. The van der Waals surface area contributed by atoms with Crippen LogP contribution in [-0.2, 0) is 7.05 Å². The molecule has 0 saturated carbocycles. The van der Waals surface area contributed by atoms with Gasteiger partial charge in [-0.05, 0) is 31.5 Å². The Morgan fingerprint density at radius 3 is 2.50 bits per heavy atom. The summed E-state index contributed by atoms with van der Waals surface area (Å²) >= 11 is 6.12. The van der Waals surface area contributed by atoms with Gasteiger partial charge in [0, 0.05) is 17.6 Å². The van der Waals surface area contributed by atoms with E-state index in [2.05, 4.69) is 4.98 Å². The third-order valence-electron chi connectivity index (χ3n) is 3.00. The highest BCUT2D eigenvalue weighted by Gasteiger charge is 2.17. The van der Waals surface area contributed by atoms with Crippen molar-refractivity contribution in [3.63, 3.8) is 0 Å². The molecule has 1 aromatic carbocycles. The summed E-state index contributed by atoms with van der Waals surface area (Å²) in [6.45, 7) is 3.88. The Balaban J connectivity index is 2.78. The standard InChI is InChI=1S/C13H16ClN3O/c1-7-5-9(14)6-10(12(7)18-4)11-8(2)16-13(15)17(11)3/h5-6H,1-4H3,(H2,15,16). The van der Waals surface area contributed by atoms with Crippen LogP contribution in [0, 0.1) is 13.8 Å². The Hall–Kier alpha value is -1.68. The first-order chi connectivity index (χ1) is 8.45. The van der Waals surface area contributed by atoms with Crippen LogP contribution in [0.15, 0.2) is 12.1 Å². The van der Waals surface area contributed by atoms with Crippen LogP contribution >= 0.6 is 11.6 Å². The molecule has 96 valence electrons. The van der Waals surface area contributed by atoms with E-state index < -0.39 is 0 Å². The lowest BCUT2D eigenvalue weighted by Gasteiger charge is -2.13. The summed E-state index contributed by atoms with van der Waals surface area (Å²) in [6, 6.07) is 3.75. The van der Waals surface area contributed by atoms with Crippen LogP contribution in [-0.4, -0.2) is 16.7 Å². The van der Waals surface area contributed by atoms with Crippen molar-refractivity contribution in [2.45, 2.75) is 13.8 Å². The summed E-state index contributed by atoms with van der Waals surface area (Å²) in [5.74, 6) is 1.27. The molecule has 0 fully saturated rings. The fourth-order valence-corrected chi connectivity index (χ4v) is 2.48. The lowest BCUT2D eigenvalue weighted by atomic mass is 10.1. The molecule has 2 N–H and O–H groups in total. The molecule has 5 heteroatoms. The molecule has 0 aliphatic heterocycles. The predicted octanol–water partition coefficient (Wildman–Crippen LogP) is 2.95. The van der Waals surface area contributed by atoms with Gasteiger partial charge in [-0.15, -0.1) is 0 Å². The zero-order valence-corrected chi connectivity index (χ0v) is 11.7. The van der Waals surface area contributed by atoms with Crippen LogP contribution in [0.4, 0.5) is 5.95 Å². The second kappa shape index (κ2) is 4.53. The molecule has 0 radical (unpaired) electrons. The molecular formula is C13H16ClN3O. The normalized spacial score (nSPS) is 10.7. The molecule has 0 amide bonds. The Labute approximate surface area is 111 Å². The van der Waals surface area contributed by atoms with Gasteiger partial charge in [-0.1, -0.05) is 11.6 Å². The van der Waals surface area contributed by atoms with Gasteiger partial charge in [0.15, 0.2) is 0 Å². The van der Waals surface area contributed by atoms with Gasteiger partial charge in [0.05, 0.1) is 18.5 Å². The molecule has 1 aromatic heterocycles. The van der Waals surface area contributed by atoms with Crippen LogP contribution in [0.2, 0.25) is 5.02 Å². The summed E-state index contributed by atoms with van der Waals surface area (Å²) in [5, 5.41) is 0.669. The van der Waals surface area contributed by atoms with Crippen molar-refractivity contribution < 1.29 is 4.74 Å². The van der Waals surface area contributed by atoms with E-state index in [9.17, 15) is 0 Å². The minimum Gasteiger partial charge on any atom is -0.496 e. The highest BCUT2D eigenvalue weighted by atomic mass is 35.5. The van der Waals surface area contributed by atoms with E-state index in [-0.39, 0.29) is 0 Å². The van der Waals surface area contributed by atoms with Crippen LogP contribution < -0.4 is 10.5 Å². The first-order valence-corrected chi connectivity index (χ1v) is 5.96. The number of methoxy groups -OCH3 is 1. The Kier molecular flexibility index (Phi) is 3.22. The largest absolute Gasteiger partial charge is 0.496 e. The first-order valence-electron chi connectivity index (χ1n) is 5.59.